The van der Waals surface area contributed by atoms with Crippen molar-refractivity contribution in [3.8, 4) is 11.5 Å². The van der Waals surface area contributed by atoms with Gasteiger partial charge in [0.1, 0.15) is 0 Å². The third-order valence-corrected chi connectivity index (χ3v) is 6.13. The summed E-state index contributed by atoms with van der Waals surface area (Å²) in [7, 11) is 0. The Bertz CT molecular complexity index is 1020. The number of hydrogen-bond acceptors (Lipinski definition) is 6. The monoisotopic (exact) mass is 409 g/mol. The van der Waals surface area contributed by atoms with E-state index >= 15 is 0 Å². The number of rotatable bonds is 7. The van der Waals surface area contributed by atoms with E-state index in [2.05, 4.69) is 27.7 Å². The fourth-order valence-electron chi connectivity index (χ4n) is 2.90. The Morgan fingerprint density at radius 3 is 2.36 bits per heavy atom. The lowest BCUT2D eigenvalue weighted by Gasteiger charge is -2.22. The second kappa shape index (κ2) is 8.50. The Kier molecular flexibility index (Phi) is 5.64. The van der Waals surface area contributed by atoms with Crippen molar-refractivity contribution in [1.82, 2.24) is 15.0 Å². The molecule has 0 aliphatic carbocycles. The lowest BCUT2D eigenvalue weighted by atomic mass is 10.1. The first-order valence-corrected chi connectivity index (χ1v) is 10.7. The van der Waals surface area contributed by atoms with Gasteiger partial charge >= 0.3 is 0 Å². The SMILES string of the molecule is Cc1noc(-c2ccc(C(=O)N(CCc3cccs3)Cc3cccs3)cc2)n1. The molecule has 0 spiro atoms. The summed E-state index contributed by atoms with van der Waals surface area (Å²) in [6, 6.07) is 15.6. The predicted octanol–water partition coefficient (Wildman–Crippen LogP) is 5.05. The highest BCUT2D eigenvalue weighted by atomic mass is 32.1. The van der Waals surface area contributed by atoms with Crippen molar-refractivity contribution >= 4 is 28.6 Å². The van der Waals surface area contributed by atoms with Crippen LogP contribution in [0.15, 0.2) is 63.8 Å². The largest absolute Gasteiger partial charge is 0.334 e. The zero-order chi connectivity index (χ0) is 19.3. The molecule has 0 saturated heterocycles. The van der Waals surface area contributed by atoms with Crippen molar-refractivity contribution in [2.75, 3.05) is 6.54 Å². The van der Waals surface area contributed by atoms with Gasteiger partial charge < -0.3 is 9.42 Å². The third kappa shape index (κ3) is 4.37. The van der Waals surface area contributed by atoms with E-state index in [1.54, 1.807) is 29.6 Å². The normalized spacial score (nSPS) is 10.9. The number of thiophene rings is 2. The molecule has 0 saturated carbocycles. The van der Waals surface area contributed by atoms with Crippen molar-refractivity contribution in [1.29, 1.82) is 0 Å². The Hall–Kier alpha value is -2.77. The molecule has 0 unspecified atom stereocenters. The molecular weight excluding hydrogens is 390 g/mol. The molecule has 4 aromatic rings. The molecule has 4 rings (SSSR count). The Balaban J connectivity index is 1.51. The van der Waals surface area contributed by atoms with Gasteiger partial charge in [0.15, 0.2) is 5.82 Å². The third-order valence-electron chi connectivity index (χ3n) is 4.33. The van der Waals surface area contributed by atoms with Crippen LogP contribution < -0.4 is 0 Å². The van der Waals surface area contributed by atoms with Crippen LogP contribution in [0.25, 0.3) is 11.5 Å². The molecule has 1 aromatic carbocycles. The lowest BCUT2D eigenvalue weighted by Crippen LogP contribution is -2.32. The van der Waals surface area contributed by atoms with Gasteiger partial charge in [-0.3, -0.25) is 4.79 Å². The van der Waals surface area contributed by atoms with E-state index in [-0.39, 0.29) is 5.91 Å². The molecule has 0 atom stereocenters. The minimum Gasteiger partial charge on any atom is -0.334 e. The van der Waals surface area contributed by atoms with Gasteiger partial charge in [-0.1, -0.05) is 17.3 Å². The summed E-state index contributed by atoms with van der Waals surface area (Å²) >= 11 is 3.39. The molecule has 1 amide bonds. The average Bonchev–Trinajstić information content (AvgIpc) is 3.48. The summed E-state index contributed by atoms with van der Waals surface area (Å²) in [5.74, 6) is 1.08. The molecule has 0 aliphatic heterocycles. The molecule has 28 heavy (non-hydrogen) atoms. The van der Waals surface area contributed by atoms with E-state index in [9.17, 15) is 4.79 Å². The summed E-state index contributed by atoms with van der Waals surface area (Å²) in [5.41, 5.74) is 1.46. The number of carbonyl (C=O) groups excluding carboxylic acids is 1. The fourth-order valence-corrected chi connectivity index (χ4v) is 4.31. The fraction of sp³-hybridized carbons (Fsp3) is 0.190. The minimum absolute atomic E-state index is 0.0261. The van der Waals surface area contributed by atoms with Gasteiger partial charge in [0.05, 0.1) is 6.54 Å². The summed E-state index contributed by atoms with van der Waals surface area (Å²) in [6.07, 6.45) is 0.855. The second-order valence-electron chi connectivity index (χ2n) is 6.36. The molecule has 5 nitrogen and oxygen atoms in total. The Morgan fingerprint density at radius 1 is 1.04 bits per heavy atom. The number of aryl methyl sites for hydroxylation is 1. The van der Waals surface area contributed by atoms with Gasteiger partial charge in [-0.15, -0.1) is 22.7 Å². The lowest BCUT2D eigenvalue weighted by molar-refractivity contribution is 0.0747. The maximum Gasteiger partial charge on any atom is 0.257 e. The minimum atomic E-state index is 0.0261. The Labute approximate surface area is 171 Å². The second-order valence-corrected chi connectivity index (χ2v) is 8.42. The van der Waals surface area contributed by atoms with Crippen LogP contribution in [-0.4, -0.2) is 27.5 Å². The van der Waals surface area contributed by atoms with Gasteiger partial charge in [-0.2, -0.15) is 4.98 Å². The number of aromatic nitrogens is 2. The number of nitrogens with zero attached hydrogens (tertiary/aromatic N) is 3. The first kappa shape index (κ1) is 18.6. The smallest absolute Gasteiger partial charge is 0.257 e. The topological polar surface area (TPSA) is 59.2 Å². The molecule has 0 bridgehead atoms. The van der Waals surface area contributed by atoms with Crippen LogP contribution in [0.2, 0.25) is 0 Å². The summed E-state index contributed by atoms with van der Waals surface area (Å²) in [6.45, 7) is 3.08. The molecule has 142 valence electrons. The van der Waals surface area contributed by atoms with Crippen molar-refractivity contribution in [2.24, 2.45) is 0 Å². The maximum absolute atomic E-state index is 13.2. The zero-order valence-corrected chi connectivity index (χ0v) is 17.0. The zero-order valence-electron chi connectivity index (χ0n) is 15.4. The van der Waals surface area contributed by atoms with Gasteiger partial charge in [0.2, 0.25) is 0 Å². The quantitative estimate of drug-likeness (QED) is 0.428. The molecule has 3 heterocycles. The van der Waals surface area contributed by atoms with E-state index < -0.39 is 0 Å². The van der Waals surface area contributed by atoms with Gasteiger partial charge in [-0.05, 0) is 60.5 Å². The number of benzene rings is 1. The highest BCUT2D eigenvalue weighted by Gasteiger charge is 2.17. The van der Waals surface area contributed by atoms with Crippen molar-refractivity contribution in [3.05, 3.63) is 80.4 Å². The molecule has 3 aromatic heterocycles. The van der Waals surface area contributed by atoms with Crippen LogP contribution in [0.1, 0.15) is 25.9 Å². The standard InChI is InChI=1S/C21H19N3O2S2/c1-15-22-20(26-23-15)16-6-8-17(9-7-16)21(25)24(14-19-5-3-13-28-19)11-10-18-4-2-12-27-18/h2-9,12-13H,10-11,14H2,1H3. The highest BCUT2D eigenvalue weighted by molar-refractivity contribution is 7.10. The number of carbonyl (C=O) groups is 1. The summed E-state index contributed by atoms with van der Waals surface area (Å²) in [4.78, 5) is 21.8. The molecule has 0 aliphatic rings. The van der Waals surface area contributed by atoms with Crippen LogP contribution in [0.5, 0.6) is 0 Å². The van der Waals surface area contributed by atoms with Crippen molar-refractivity contribution < 1.29 is 9.32 Å². The van der Waals surface area contributed by atoms with Gasteiger partial charge in [-0.25, -0.2) is 0 Å². The summed E-state index contributed by atoms with van der Waals surface area (Å²) in [5, 5.41) is 7.92. The molecule has 0 N–H and O–H groups in total. The van der Waals surface area contributed by atoms with Gasteiger partial charge in [0, 0.05) is 27.4 Å². The van der Waals surface area contributed by atoms with Crippen LogP contribution in [-0.2, 0) is 13.0 Å². The number of hydrogen-bond donors (Lipinski definition) is 0. The van der Waals surface area contributed by atoms with Crippen LogP contribution in [0.4, 0.5) is 0 Å². The van der Waals surface area contributed by atoms with Crippen molar-refractivity contribution in [2.45, 2.75) is 19.9 Å². The van der Waals surface area contributed by atoms with Crippen molar-refractivity contribution in [3.63, 3.8) is 0 Å². The molecule has 0 fully saturated rings. The van der Waals surface area contributed by atoms with Crippen LogP contribution >= 0.6 is 22.7 Å². The van der Waals surface area contributed by atoms with E-state index in [4.69, 9.17) is 4.52 Å². The van der Waals surface area contributed by atoms with Crippen LogP contribution in [0.3, 0.4) is 0 Å². The first-order valence-electron chi connectivity index (χ1n) is 8.94. The van der Waals surface area contributed by atoms with E-state index in [1.807, 2.05) is 46.7 Å². The molecule has 7 heteroatoms. The predicted molar refractivity (Wildman–Crippen MR) is 112 cm³/mol. The van der Waals surface area contributed by atoms with Gasteiger partial charge in [0.25, 0.3) is 11.8 Å². The van der Waals surface area contributed by atoms with E-state index in [1.165, 1.54) is 9.75 Å². The molecule has 0 radical (unpaired) electrons. The molecular formula is C21H19N3O2S2. The van der Waals surface area contributed by atoms with Crippen LogP contribution in [0, 0.1) is 6.92 Å². The summed E-state index contributed by atoms with van der Waals surface area (Å²) < 4.78 is 5.19. The highest BCUT2D eigenvalue weighted by Crippen LogP contribution is 2.20. The maximum atomic E-state index is 13.2. The van der Waals surface area contributed by atoms with E-state index in [0.29, 0.717) is 30.4 Å². The first-order chi connectivity index (χ1) is 13.7. The Morgan fingerprint density at radius 2 is 1.75 bits per heavy atom. The van der Waals surface area contributed by atoms with E-state index in [0.717, 1.165) is 12.0 Å². The number of amides is 1. The average molecular weight is 410 g/mol.